The van der Waals surface area contributed by atoms with Crippen molar-refractivity contribution < 1.29 is 14.7 Å². The normalized spacial score (nSPS) is 25.2. The molecule has 1 aromatic rings. The Kier molecular flexibility index (Phi) is 4.92. The molecule has 0 spiro atoms. The molecule has 1 saturated heterocycles. The highest BCUT2D eigenvalue weighted by atomic mass is 79.9. The number of likely N-dealkylation sites (tertiary alicyclic amines) is 1. The van der Waals surface area contributed by atoms with Gasteiger partial charge >= 0.3 is 0 Å². The van der Waals surface area contributed by atoms with Crippen LogP contribution in [-0.4, -0.2) is 53.0 Å². The van der Waals surface area contributed by atoms with Gasteiger partial charge < -0.3 is 15.3 Å². The molecule has 1 aromatic heterocycles. The largest absolute Gasteiger partial charge is 0.391 e. The summed E-state index contributed by atoms with van der Waals surface area (Å²) in [4.78, 5) is 30.9. The first-order valence-corrected chi connectivity index (χ1v) is 9.05. The van der Waals surface area contributed by atoms with E-state index in [2.05, 4.69) is 26.2 Å². The van der Waals surface area contributed by atoms with Crippen molar-refractivity contribution in [3.8, 4) is 0 Å². The highest BCUT2D eigenvalue weighted by Gasteiger charge is 2.51. The van der Waals surface area contributed by atoms with Crippen LogP contribution in [0, 0.1) is 5.92 Å². The number of halogens is 1. The maximum absolute atomic E-state index is 13.1. The molecule has 0 aromatic carbocycles. The first-order valence-electron chi connectivity index (χ1n) is 8.26. The van der Waals surface area contributed by atoms with E-state index < -0.39 is 11.5 Å². The molecule has 2 N–H and O–H groups in total. The number of aliphatic hydroxyl groups excluding tert-OH is 1. The average molecular weight is 396 g/mol. The highest BCUT2D eigenvalue weighted by molar-refractivity contribution is 9.10. The molecule has 0 radical (unpaired) electrons. The molecule has 7 heteroatoms. The van der Waals surface area contributed by atoms with Gasteiger partial charge in [-0.05, 0) is 40.9 Å². The number of pyridine rings is 1. The zero-order chi connectivity index (χ0) is 17.3. The molecule has 2 amide bonds. The number of nitrogens with one attached hydrogen (secondary N) is 1. The van der Waals surface area contributed by atoms with Crippen molar-refractivity contribution in [1.29, 1.82) is 0 Å². The Morgan fingerprint density at radius 2 is 2.17 bits per heavy atom. The van der Waals surface area contributed by atoms with E-state index in [-0.39, 0.29) is 24.2 Å². The van der Waals surface area contributed by atoms with E-state index in [1.165, 1.54) is 0 Å². The van der Waals surface area contributed by atoms with Crippen LogP contribution in [0.3, 0.4) is 0 Å². The minimum Gasteiger partial charge on any atom is -0.391 e. The van der Waals surface area contributed by atoms with Gasteiger partial charge in [0, 0.05) is 43.1 Å². The summed E-state index contributed by atoms with van der Waals surface area (Å²) < 4.78 is 0.885. The average Bonchev–Trinajstić information content (AvgIpc) is 2.88. The Balaban J connectivity index is 1.75. The Labute approximate surface area is 149 Å². The first-order chi connectivity index (χ1) is 11.5. The van der Waals surface area contributed by atoms with Gasteiger partial charge in [-0.1, -0.05) is 6.42 Å². The minimum absolute atomic E-state index is 0.0297. The predicted octanol–water partition coefficient (Wildman–Crippen LogP) is 1.22. The van der Waals surface area contributed by atoms with Gasteiger partial charge in [-0.3, -0.25) is 14.6 Å². The van der Waals surface area contributed by atoms with E-state index in [4.69, 9.17) is 0 Å². The number of hydrogen-bond acceptors (Lipinski definition) is 4. The van der Waals surface area contributed by atoms with Crippen LogP contribution in [0.4, 0.5) is 0 Å². The molecule has 1 saturated carbocycles. The van der Waals surface area contributed by atoms with Crippen molar-refractivity contribution >= 4 is 27.7 Å². The quantitative estimate of drug-likeness (QED) is 0.802. The standard InChI is InChI=1S/C17H22BrN3O3/c1-19-15(23)7-11-9-21(10-13(11)22)16(24)17(5-2-6-17)14-4-3-12(18)8-20-14/h3-4,8,11,13,22H,2,5-7,9-10H2,1H3,(H,19,23)/t11-,13-/m1/s1. The van der Waals surface area contributed by atoms with Crippen LogP contribution in [-0.2, 0) is 15.0 Å². The maximum atomic E-state index is 13.1. The molecule has 2 aliphatic rings. The van der Waals surface area contributed by atoms with E-state index in [0.29, 0.717) is 13.1 Å². The van der Waals surface area contributed by atoms with Gasteiger partial charge in [-0.25, -0.2) is 0 Å². The molecule has 0 bridgehead atoms. The Morgan fingerprint density at radius 3 is 2.71 bits per heavy atom. The second kappa shape index (κ2) is 6.80. The van der Waals surface area contributed by atoms with Gasteiger partial charge in [-0.15, -0.1) is 0 Å². The lowest BCUT2D eigenvalue weighted by atomic mass is 9.65. The summed E-state index contributed by atoms with van der Waals surface area (Å²) in [6.45, 7) is 0.713. The van der Waals surface area contributed by atoms with E-state index >= 15 is 0 Å². The third-order valence-corrected chi connectivity index (χ3v) is 5.72. The van der Waals surface area contributed by atoms with Crippen molar-refractivity contribution in [3.63, 3.8) is 0 Å². The van der Waals surface area contributed by atoms with Gasteiger partial charge in [-0.2, -0.15) is 0 Å². The number of carbonyl (C=O) groups excluding carboxylic acids is 2. The molecule has 1 aliphatic heterocycles. The molecule has 2 fully saturated rings. The number of rotatable bonds is 4. The first kappa shape index (κ1) is 17.4. The maximum Gasteiger partial charge on any atom is 0.234 e. The molecule has 3 rings (SSSR count). The van der Waals surface area contributed by atoms with Crippen molar-refractivity contribution in [2.75, 3.05) is 20.1 Å². The lowest BCUT2D eigenvalue weighted by Crippen LogP contribution is -2.51. The lowest BCUT2D eigenvalue weighted by molar-refractivity contribution is -0.140. The van der Waals surface area contributed by atoms with E-state index in [9.17, 15) is 14.7 Å². The molecule has 130 valence electrons. The zero-order valence-corrected chi connectivity index (χ0v) is 15.3. The van der Waals surface area contributed by atoms with Crippen molar-refractivity contribution in [1.82, 2.24) is 15.2 Å². The second-order valence-electron chi connectivity index (χ2n) is 6.71. The summed E-state index contributed by atoms with van der Waals surface area (Å²) in [5.74, 6) is -0.285. The van der Waals surface area contributed by atoms with Crippen molar-refractivity contribution in [2.45, 2.75) is 37.2 Å². The summed E-state index contributed by atoms with van der Waals surface area (Å²) in [7, 11) is 1.58. The van der Waals surface area contributed by atoms with Crippen LogP contribution in [0.1, 0.15) is 31.4 Å². The second-order valence-corrected chi connectivity index (χ2v) is 7.63. The Morgan fingerprint density at radius 1 is 1.42 bits per heavy atom. The lowest BCUT2D eigenvalue weighted by Gasteiger charge is -2.42. The number of aromatic nitrogens is 1. The molecular formula is C17H22BrN3O3. The molecule has 2 atom stereocenters. The zero-order valence-electron chi connectivity index (χ0n) is 13.7. The van der Waals surface area contributed by atoms with Gasteiger partial charge in [0.25, 0.3) is 0 Å². The van der Waals surface area contributed by atoms with Crippen LogP contribution in [0.15, 0.2) is 22.8 Å². The fraction of sp³-hybridized carbons (Fsp3) is 0.588. The number of carbonyl (C=O) groups is 2. The molecule has 2 heterocycles. The van der Waals surface area contributed by atoms with Gasteiger partial charge in [0.2, 0.25) is 11.8 Å². The SMILES string of the molecule is CNC(=O)C[C@@H]1CN(C(=O)C2(c3ccc(Br)cn3)CCC2)C[C@H]1O. The summed E-state index contributed by atoms with van der Waals surface area (Å²) in [5, 5.41) is 12.8. The molecule has 6 nitrogen and oxygen atoms in total. The highest BCUT2D eigenvalue weighted by Crippen LogP contribution is 2.45. The predicted molar refractivity (Wildman–Crippen MR) is 92.2 cm³/mol. The summed E-state index contributed by atoms with van der Waals surface area (Å²) in [5.41, 5.74) is 0.230. The summed E-state index contributed by atoms with van der Waals surface area (Å²) >= 11 is 3.37. The number of hydrogen-bond donors (Lipinski definition) is 2. The van der Waals surface area contributed by atoms with Crippen LogP contribution in [0.2, 0.25) is 0 Å². The summed E-state index contributed by atoms with van der Waals surface area (Å²) in [6.07, 6.45) is 3.88. The fourth-order valence-electron chi connectivity index (χ4n) is 3.63. The minimum atomic E-state index is -0.652. The van der Waals surface area contributed by atoms with E-state index in [1.807, 2.05) is 12.1 Å². The monoisotopic (exact) mass is 395 g/mol. The van der Waals surface area contributed by atoms with Crippen molar-refractivity contribution in [3.05, 3.63) is 28.5 Å². The fourth-order valence-corrected chi connectivity index (χ4v) is 3.87. The molecular weight excluding hydrogens is 374 g/mol. The van der Waals surface area contributed by atoms with Crippen LogP contribution in [0.5, 0.6) is 0 Å². The van der Waals surface area contributed by atoms with E-state index in [1.54, 1.807) is 18.1 Å². The smallest absolute Gasteiger partial charge is 0.234 e. The number of β-amino-alcohol motifs (C(OH)–C–C–N with tert-alkyl or cyclic N) is 1. The Bertz CT molecular complexity index is 630. The summed E-state index contributed by atoms with van der Waals surface area (Å²) in [6, 6.07) is 3.80. The van der Waals surface area contributed by atoms with Gasteiger partial charge in [0.05, 0.1) is 17.2 Å². The third-order valence-electron chi connectivity index (χ3n) is 5.25. The molecule has 0 unspecified atom stereocenters. The third kappa shape index (κ3) is 3.07. The number of nitrogens with zero attached hydrogens (tertiary/aromatic N) is 2. The van der Waals surface area contributed by atoms with Crippen molar-refractivity contribution in [2.24, 2.45) is 5.92 Å². The topological polar surface area (TPSA) is 82.5 Å². The number of aliphatic hydroxyl groups is 1. The van der Waals surface area contributed by atoms with Crippen LogP contribution < -0.4 is 5.32 Å². The van der Waals surface area contributed by atoms with Gasteiger partial charge in [0.15, 0.2) is 0 Å². The van der Waals surface area contributed by atoms with E-state index in [0.717, 1.165) is 29.4 Å². The molecule has 24 heavy (non-hydrogen) atoms. The Hall–Kier alpha value is -1.47. The van der Waals surface area contributed by atoms with Crippen LogP contribution in [0.25, 0.3) is 0 Å². The van der Waals surface area contributed by atoms with Crippen LogP contribution >= 0.6 is 15.9 Å². The van der Waals surface area contributed by atoms with Gasteiger partial charge in [0.1, 0.15) is 0 Å². The molecule has 1 aliphatic carbocycles. The number of amides is 2.